The number of hydrogen-bond donors (Lipinski definition) is 0. The molecule has 3 heteroatoms. The molecule has 0 saturated carbocycles. The summed E-state index contributed by atoms with van der Waals surface area (Å²) in [5, 5.41) is 0. The van der Waals surface area contributed by atoms with Crippen LogP contribution < -0.4 is 4.74 Å². The van der Waals surface area contributed by atoms with Crippen LogP contribution in [0.25, 0.3) is 4.85 Å². The highest BCUT2D eigenvalue weighted by Crippen LogP contribution is 2.25. The van der Waals surface area contributed by atoms with E-state index in [-0.39, 0.29) is 11.7 Å². The van der Waals surface area contributed by atoms with Crippen LogP contribution in [-0.4, -0.2) is 18.3 Å². The average Bonchev–Trinajstić information content (AvgIpc) is 2.46. The first-order chi connectivity index (χ1) is 9.96. The van der Waals surface area contributed by atoms with Crippen molar-refractivity contribution in [2.75, 3.05) is 6.61 Å². The molecule has 1 aliphatic rings. The fourth-order valence-corrected chi connectivity index (χ4v) is 2.26. The van der Waals surface area contributed by atoms with Crippen molar-refractivity contribution in [3.8, 4) is 5.75 Å². The topological polar surface area (TPSA) is 22.8 Å². The third-order valence-corrected chi connectivity index (χ3v) is 3.35. The van der Waals surface area contributed by atoms with Crippen molar-refractivity contribution >= 4 is 5.69 Å². The van der Waals surface area contributed by atoms with Crippen LogP contribution >= 0.6 is 0 Å². The highest BCUT2D eigenvalue weighted by Gasteiger charge is 2.17. The van der Waals surface area contributed by atoms with Gasteiger partial charge in [-0.3, -0.25) is 0 Å². The van der Waals surface area contributed by atoms with E-state index < -0.39 is 0 Å². The molecule has 3 nitrogen and oxygen atoms in total. The molecule has 1 aromatic carbocycles. The lowest BCUT2D eigenvalue weighted by Gasteiger charge is -2.25. The van der Waals surface area contributed by atoms with Gasteiger partial charge in [-0.05, 0) is 63.8 Å². The van der Waals surface area contributed by atoms with Crippen molar-refractivity contribution in [1.82, 2.24) is 0 Å². The molecule has 1 aromatic rings. The molecule has 0 aliphatic heterocycles. The van der Waals surface area contributed by atoms with Gasteiger partial charge in [-0.2, -0.15) is 0 Å². The molecule has 112 valence electrons. The van der Waals surface area contributed by atoms with Gasteiger partial charge in [0.15, 0.2) is 5.69 Å². The molecule has 0 N–H and O–H groups in total. The van der Waals surface area contributed by atoms with Gasteiger partial charge in [0, 0.05) is 0 Å². The smallest absolute Gasteiger partial charge is 0.187 e. The summed E-state index contributed by atoms with van der Waals surface area (Å²) in [6.07, 6.45) is 5.55. The monoisotopic (exact) mass is 285 g/mol. The summed E-state index contributed by atoms with van der Waals surface area (Å²) in [6, 6.07) is 7.30. The lowest BCUT2D eigenvalue weighted by atomic mass is 9.97. The molecule has 0 fully saturated rings. The lowest BCUT2D eigenvalue weighted by Crippen LogP contribution is -2.23. The normalized spacial score (nSPS) is 18.8. The van der Waals surface area contributed by atoms with Crippen LogP contribution in [0.15, 0.2) is 35.9 Å². The maximum absolute atomic E-state index is 6.95. The predicted molar refractivity (Wildman–Crippen MR) is 84.8 cm³/mol. The Kier molecular flexibility index (Phi) is 5.03. The Hall–Kier alpha value is -1.79. The number of rotatable bonds is 4. The molecule has 0 spiro atoms. The van der Waals surface area contributed by atoms with Gasteiger partial charge in [-0.15, -0.1) is 0 Å². The molecule has 0 saturated heterocycles. The highest BCUT2D eigenvalue weighted by molar-refractivity contribution is 5.47. The Morgan fingerprint density at radius 2 is 1.95 bits per heavy atom. The van der Waals surface area contributed by atoms with Crippen molar-refractivity contribution in [3.63, 3.8) is 0 Å². The molecular formula is C18H23NO2. The van der Waals surface area contributed by atoms with Gasteiger partial charge >= 0.3 is 0 Å². The van der Waals surface area contributed by atoms with Gasteiger partial charge in [0.1, 0.15) is 11.9 Å². The fourth-order valence-electron chi connectivity index (χ4n) is 2.26. The van der Waals surface area contributed by atoms with E-state index in [9.17, 15) is 0 Å². The number of ether oxygens (including phenoxy) is 2. The van der Waals surface area contributed by atoms with Crippen molar-refractivity contribution in [2.24, 2.45) is 0 Å². The molecule has 21 heavy (non-hydrogen) atoms. The van der Waals surface area contributed by atoms with Crippen molar-refractivity contribution in [1.29, 1.82) is 0 Å². The summed E-state index contributed by atoms with van der Waals surface area (Å²) < 4.78 is 11.8. The Balaban J connectivity index is 1.94. The molecule has 0 radical (unpaired) electrons. The largest absolute Gasteiger partial charge is 0.486 e. The van der Waals surface area contributed by atoms with E-state index in [1.54, 1.807) is 12.1 Å². The Labute approximate surface area is 127 Å². The average molecular weight is 285 g/mol. The van der Waals surface area contributed by atoms with Gasteiger partial charge in [0.05, 0.1) is 18.8 Å². The minimum absolute atomic E-state index is 0.107. The third-order valence-electron chi connectivity index (χ3n) is 3.35. The second kappa shape index (κ2) is 6.78. The molecular weight excluding hydrogens is 262 g/mol. The fraction of sp³-hybridized carbons (Fsp3) is 0.500. The van der Waals surface area contributed by atoms with E-state index in [1.807, 2.05) is 12.1 Å². The zero-order chi connectivity index (χ0) is 15.3. The Bertz CT molecular complexity index is 532. The van der Waals surface area contributed by atoms with Crippen LogP contribution in [0.2, 0.25) is 0 Å². The Morgan fingerprint density at radius 1 is 1.24 bits per heavy atom. The minimum Gasteiger partial charge on any atom is -0.486 e. The van der Waals surface area contributed by atoms with Crippen molar-refractivity contribution < 1.29 is 9.47 Å². The third kappa shape index (κ3) is 5.24. The first kappa shape index (κ1) is 15.6. The highest BCUT2D eigenvalue weighted by atomic mass is 16.5. The second-order valence-electron chi connectivity index (χ2n) is 6.38. The van der Waals surface area contributed by atoms with E-state index in [2.05, 4.69) is 31.7 Å². The number of benzene rings is 1. The van der Waals surface area contributed by atoms with Gasteiger partial charge in [-0.25, -0.2) is 4.85 Å². The quantitative estimate of drug-likeness (QED) is 0.579. The van der Waals surface area contributed by atoms with Crippen LogP contribution in [0.4, 0.5) is 5.69 Å². The minimum atomic E-state index is -0.107. The van der Waals surface area contributed by atoms with E-state index in [4.69, 9.17) is 16.0 Å². The second-order valence-corrected chi connectivity index (χ2v) is 6.38. The van der Waals surface area contributed by atoms with Crippen LogP contribution in [0.1, 0.15) is 40.0 Å². The van der Waals surface area contributed by atoms with E-state index in [0.717, 1.165) is 25.0 Å². The number of hydrogen-bond acceptors (Lipinski definition) is 2. The van der Waals surface area contributed by atoms with Crippen molar-refractivity contribution in [3.05, 3.63) is 47.3 Å². The molecule has 0 amide bonds. The van der Waals surface area contributed by atoms with Gasteiger partial charge in [-0.1, -0.05) is 12.1 Å². The zero-order valence-corrected chi connectivity index (χ0v) is 13.1. The van der Waals surface area contributed by atoms with E-state index in [1.165, 1.54) is 5.57 Å². The molecule has 1 unspecified atom stereocenters. The van der Waals surface area contributed by atoms with Crippen LogP contribution in [0, 0.1) is 6.57 Å². The van der Waals surface area contributed by atoms with Crippen LogP contribution in [-0.2, 0) is 4.74 Å². The lowest BCUT2D eigenvalue weighted by molar-refractivity contribution is 0.00892. The number of nitrogens with zero attached hydrogens (tertiary/aromatic N) is 1. The summed E-state index contributed by atoms with van der Waals surface area (Å²) in [4.78, 5) is 3.38. The first-order valence-corrected chi connectivity index (χ1v) is 7.44. The zero-order valence-electron chi connectivity index (χ0n) is 13.1. The summed E-state index contributed by atoms with van der Waals surface area (Å²) in [6.45, 7) is 13.8. The molecule has 2 rings (SSSR count). The van der Waals surface area contributed by atoms with Crippen LogP contribution in [0.5, 0.6) is 5.75 Å². The van der Waals surface area contributed by atoms with Gasteiger partial charge in [0.25, 0.3) is 0 Å². The maximum Gasteiger partial charge on any atom is 0.187 e. The maximum atomic E-state index is 6.95. The molecule has 0 aromatic heterocycles. The van der Waals surface area contributed by atoms with E-state index in [0.29, 0.717) is 12.3 Å². The summed E-state index contributed by atoms with van der Waals surface area (Å²) >= 11 is 0. The molecule has 1 aliphatic carbocycles. The van der Waals surface area contributed by atoms with E-state index >= 15 is 0 Å². The van der Waals surface area contributed by atoms with Gasteiger partial charge in [0.2, 0.25) is 0 Å². The van der Waals surface area contributed by atoms with Crippen LogP contribution in [0.3, 0.4) is 0 Å². The van der Waals surface area contributed by atoms with Crippen molar-refractivity contribution in [2.45, 2.75) is 51.7 Å². The Morgan fingerprint density at radius 3 is 2.57 bits per heavy atom. The predicted octanol–water partition coefficient (Wildman–Crippen LogP) is 4.91. The summed E-state index contributed by atoms with van der Waals surface area (Å²) in [5.41, 5.74) is 1.85. The summed E-state index contributed by atoms with van der Waals surface area (Å²) in [5.74, 6) is 0.821. The SMILES string of the molecule is [C-]#[N+]c1ccc(OC2C=C(COC(C)(C)C)CCC2)cc1. The molecule has 0 heterocycles. The standard InChI is InChI=1S/C18H23NO2/c1-18(2,3)20-13-14-6-5-7-17(12-14)21-16-10-8-15(19-4)9-11-16/h8-12,17H,5-7,13H2,1-3H3. The van der Waals surface area contributed by atoms with Gasteiger partial charge < -0.3 is 9.47 Å². The molecule has 0 bridgehead atoms. The first-order valence-electron chi connectivity index (χ1n) is 7.44. The summed E-state index contributed by atoms with van der Waals surface area (Å²) in [7, 11) is 0. The molecule has 1 atom stereocenters.